The summed E-state index contributed by atoms with van der Waals surface area (Å²) in [5.41, 5.74) is 5.74. The lowest BCUT2D eigenvalue weighted by Crippen LogP contribution is -2.59. The van der Waals surface area contributed by atoms with E-state index in [0.29, 0.717) is 30.4 Å². The number of alkyl halides is 2. The normalized spacial score (nSPS) is 18.8. The second-order valence-electron chi connectivity index (χ2n) is 25.3. The number of hydrogen-bond acceptors (Lipinski definition) is 23. The molecule has 30 nitrogen and oxygen atoms in total. The summed E-state index contributed by atoms with van der Waals surface area (Å²) in [5.74, 6) is -12.7. The third kappa shape index (κ3) is 24.5. The summed E-state index contributed by atoms with van der Waals surface area (Å²) in [6.07, 6.45) is 1.28. The van der Waals surface area contributed by atoms with Gasteiger partial charge in [-0.25, -0.2) is 28.8 Å². The summed E-state index contributed by atoms with van der Waals surface area (Å²) < 4.78 is 44.6. The Hall–Kier alpha value is -8.75. The smallest absolute Gasteiger partial charge is 0.426 e. The number of amides is 9. The molecule has 3 aliphatic rings. The minimum absolute atomic E-state index is 0.00578. The number of likely N-dealkylation sites (N-methyl/N-ethyl adjacent to an activating group) is 1. The molecule has 2 fully saturated rings. The van der Waals surface area contributed by atoms with Gasteiger partial charge in [-0.05, 0) is 99.8 Å². The van der Waals surface area contributed by atoms with E-state index >= 15 is 0 Å². The van der Waals surface area contributed by atoms with Crippen molar-refractivity contribution in [2.45, 2.75) is 192 Å². The van der Waals surface area contributed by atoms with Crippen LogP contribution in [0, 0.1) is 23.2 Å². The number of carbonyl (C=O) groups excluding carboxylic acids is 11. The van der Waals surface area contributed by atoms with Crippen LogP contribution in [-0.2, 0) is 70.3 Å². The van der Waals surface area contributed by atoms with Gasteiger partial charge in [-0.1, -0.05) is 75.1 Å². The molecular formula is C66H89F2N13O17S3. The van der Waals surface area contributed by atoms with Gasteiger partial charge in [0.2, 0.25) is 35.4 Å². The number of carbonyl (C=O) groups is 12. The number of hydrogen-bond donors (Lipinski definition) is 9. The first kappa shape index (κ1) is 81.2. The van der Waals surface area contributed by atoms with Gasteiger partial charge in [0.05, 0.1) is 36.8 Å². The zero-order valence-electron chi connectivity index (χ0n) is 57.5. The summed E-state index contributed by atoms with van der Waals surface area (Å²) in [4.78, 5) is 171. The van der Waals surface area contributed by atoms with Crippen LogP contribution in [0.3, 0.4) is 0 Å². The van der Waals surface area contributed by atoms with E-state index in [2.05, 4.69) is 47.4 Å². The van der Waals surface area contributed by atoms with Gasteiger partial charge >= 0.3 is 24.0 Å². The fraction of sp³-hybridized carbons (Fsp3) is 0.591. The Morgan fingerprint density at radius 1 is 0.911 bits per heavy atom. The number of phenolic OH excluding ortho intramolecular Hbond substituents is 1. The molecule has 2 saturated heterocycles. The number of pyridine rings is 1. The van der Waals surface area contributed by atoms with Crippen LogP contribution in [0.15, 0.2) is 41.9 Å². The second kappa shape index (κ2) is 38.9. The average molecular weight is 1470 g/mol. The molecule has 6 rings (SSSR count). The maximum atomic E-state index is 15.0. The molecule has 101 heavy (non-hydrogen) atoms. The number of nitriles is 1. The Morgan fingerprint density at radius 3 is 2.34 bits per heavy atom. The molecule has 35 heteroatoms. The SMILES string of the molecule is CCCC(=O)OCN(C(=O)[C@@H](NC(=O)[C@H]1CCCCN1C)C(C)CC)[C@H](C[C@@H](OC(C)=O)c1nc(C(=O)N[C@H]2Cc3ccc(O)cc3[C@H](C(=O)NNC(=O)OCCSSCC(NC(=O)CCC(=O)NCc3cc(C(=O)N[C@H](C)C(=O)N4CC(F)(F)C[C@H]4C#N)ccn3)C(=O)O)C2)cs1)C(C)C. The van der Waals surface area contributed by atoms with Crippen molar-refractivity contribution >= 4 is 104 Å². The molecule has 1 aromatic carbocycles. The number of aromatic nitrogens is 2. The van der Waals surface area contributed by atoms with E-state index in [1.807, 2.05) is 46.6 Å². The Balaban J connectivity index is 0.960. The fourth-order valence-corrected chi connectivity index (χ4v) is 14.5. The highest BCUT2D eigenvalue weighted by Crippen LogP contribution is 2.37. The number of carboxylic acids is 1. The Kier molecular flexibility index (Phi) is 31.3. The van der Waals surface area contributed by atoms with E-state index in [0.717, 1.165) is 57.2 Å². The number of phenols is 1. The zero-order valence-corrected chi connectivity index (χ0v) is 60.0. The van der Waals surface area contributed by atoms with E-state index in [9.17, 15) is 81.8 Å². The van der Waals surface area contributed by atoms with Gasteiger partial charge in [0, 0.05) is 79.8 Å². The molecule has 2 aromatic heterocycles. The van der Waals surface area contributed by atoms with Crippen LogP contribution in [0.25, 0.3) is 0 Å². The lowest BCUT2D eigenvalue weighted by Gasteiger charge is -2.39. The summed E-state index contributed by atoms with van der Waals surface area (Å²) in [6, 6.07) is 1.89. The first-order valence-corrected chi connectivity index (χ1v) is 36.6. The molecule has 0 bridgehead atoms. The molecule has 0 spiro atoms. The minimum Gasteiger partial charge on any atom is -0.508 e. The first-order valence-electron chi connectivity index (χ1n) is 33.2. The van der Waals surface area contributed by atoms with Crippen molar-refractivity contribution in [3.8, 4) is 11.8 Å². The topological polar surface area (TPSA) is 416 Å². The third-order valence-electron chi connectivity index (χ3n) is 17.2. The number of carboxylic acid groups (broad SMARTS) is 1. The first-order chi connectivity index (χ1) is 47.9. The van der Waals surface area contributed by atoms with Crippen molar-refractivity contribution in [3.63, 3.8) is 0 Å². The van der Waals surface area contributed by atoms with Crippen molar-refractivity contribution in [1.82, 2.24) is 62.1 Å². The van der Waals surface area contributed by atoms with Gasteiger partial charge in [-0.2, -0.15) is 5.26 Å². The number of nitrogens with one attached hydrogen (secondary N) is 7. The average Bonchev–Trinajstić information content (AvgIpc) is 1.56. The fourth-order valence-electron chi connectivity index (χ4n) is 11.6. The molecule has 4 heterocycles. The number of piperidine rings is 1. The number of aromatic hydroxyl groups is 1. The Bertz CT molecular complexity index is 3510. The van der Waals surface area contributed by atoms with E-state index in [4.69, 9.17) is 14.2 Å². The number of nitrogens with zero attached hydrogens (tertiary/aromatic N) is 6. The highest BCUT2D eigenvalue weighted by atomic mass is 33.1. The highest BCUT2D eigenvalue weighted by Gasteiger charge is 2.48. The highest BCUT2D eigenvalue weighted by molar-refractivity contribution is 8.76. The number of rotatable bonds is 34. The quantitative estimate of drug-likeness (QED) is 0.00956. The predicted molar refractivity (Wildman–Crippen MR) is 365 cm³/mol. The molecule has 0 radical (unpaired) electrons. The Morgan fingerprint density at radius 2 is 1.65 bits per heavy atom. The number of benzene rings is 1. The molecule has 552 valence electrons. The number of hydrazine groups is 1. The van der Waals surface area contributed by atoms with Crippen molar-refractivity contribution in [2.75, 3.05) is 45.0 Å². The number of aliphatic carboxylic acids is 1. The molecule has 0 saturated carbocycles. The lowest BCUT2D eigenvalue weighted by atomic mass is 9.79. The molecule has 9 N–H and O–H groups in total. The molecule has 2 unspecified atom stereocenters. The lowest BCUT2D eigenvalue weighted by molar-refractivity contribution is -0.160. The van der Waals surface area contributed by atoms with Crippen LogP contribution in [0.2, 0.25) is 0 Å². The van der Waals surface area contributed by atoms with Gasteiger partial charge < -0.3 is 60.8 Å². The summed E-state index contributed by atoms with van der Waals surface area (Å²) >= 11 is 1.03. The monoisotopic (exact) mass is 1470 g/mol. The summed E-state index contributed by atoms with van der Waals surface area (Å²) in [7, 11) is 4.02. The van der Waals surface area contributed by atoms with Crippen LogP contribution < -0.4 is 37.4 Å². The summed E-state index contributed by atoms with van der Waals surface area (Å²) in [6.45, 7) is 10.7. The maximum Gasteiger partial charge on any atom is 0.426 e. The van der Waals surface area contributed by atoms with Crippen LogP contribution in [0.5, 0.6) is 5.75 Å². The number of fused-ring (bicyclic) bond motifs is 1. The molecule has 9 amide bonds. The molecule has 10 atom stereocenters. The zero-order chi connectivity index (χ0) is 74.3. The minimum atomic E-state index is -3.24. The molecule has 3 aromatic rings. The second-order valence-corrected chi connectivity index (χ2v) is 28.8. The molecule has 2 aliphatic heterocycles. The largest absolute Gasteiger partial charge is 0.508 e. The number of thiazole rings is 1. The number of ether oxygens (including phenoxy) is 3. The van der Waals surface area contributed by atoms with E-state index in [1.54, 1.807) is 12.1 Å². The van der Waals surface area contributed by atoms with E-state index < -0.39 is 152 Å². The van der Waals surface area contributed by atoms with Crippen molar-refractivity contribution in [2.24, 2.45) is 11.8 Å². The standard InChI is InChI=1S/C66H89F2N13O17S3/c1-9-13-55(86)97-35-81(63(92)56(37(5)10-2)76-60(90)50-14-11-12-21-79(50)8)51(36(3)4)28-52(98-39(7)82)61-75-48(32-99-61)59(89)73-42-24-40-15-16-45(83)27-46(40)47(26-42)58(88)77-78-65(95)96-22-23-100-101-33-49(64(93)94)74-54(85)18-17-53(84)71-31-43-25-41(19-20-70-43)57(87)72-38(6)62(91)80-34-66(67,68)29-44(80)30-69/h15-16,19-20,25,27,32,36-38,42,44,47,49-52,56,83H,9-14,17-18,21-24,26,28-29,31,33-35H2,1-8H3,(H,71,84)(H,72,87)(H,73,89)(H,74,85)(H,76,90)(H,77,88)(H,78,95)(H,93,94)/t37?,38-,42+,44+,47-,49?,50-,51-,52-,56+/m1/s1. The van der Waals surface area contributed by atoms with Gasteiger partial charge in [0.15, 0.2) is 12.8 Å². The molecule has 1 aliphatic carbocycles. The predicted octanol–water partition coefficient (Wildman–Crippen LogP) is 4.92. The van der Waals surface area contributed by atoms with Crippen molar-refractivity contribution in [1.29, 1.82) is 5.26 Å². The number of likely N-dealkylation sites (tertiary alicyclic amines) is 2. The number of halogens is 2. The van der Waals surface area contributed by atoms with Gasteiger partial charge in [-0.3, -0.25) is 63.3 Å². The third-order valence-corrected chi connectivity index (χ3v) is 20.6. The maximum absolute atomic E-state index is 15.0. The van der Waals surface area contributed by atoms with Crippen LogP contribution >= 0.6 is 32.9 Å². The van der Waals surface area contributed by atoms with Crippen LogP contribution in [0.1, 0.15) is 174 Å². The van der Waals surface area contributed by atoms with Gasteiger partial charge in [0.25, 0.3) is 17.7 Å². The molecular weight excluding hydrogens is 1380 g/mol. The van der Waals surface area contributed by atoms with Crippen LogP contribution in [0.4, 0.5) is 13.6 Å². The van der Waals surface area contributed by atoms with E-state index in [-0.39, 0.29) is 102 Å². The van der Waals surface area contributed by atoms with E-state index in [1.165, 1.54) is 54.6 Å². The van der Waals surface area contributed by atoms with Crippen molar-refractivity contribution < 1.29 is 90.7 Å². The Labute approximate surface area is 595 Å². The van der Waals surface area contributed by atoms with Gasteiger partial charge in [0.1, 0.15) is 47.2 Å². The summed E-state index contributed by atoms with van der Waals surface area (Å²) in [5, 5.41) is 44.4. The van der Waals surface area contributed by atoms with Crippen LogP contribution in [-0.4, -0.2) is 199 Å². The van der Waals surface area contributed by atoms with Crippen molar-refractivity contribution in [3.05, 3.63) is 75.0 Å². The number of esters is 2. The van der Waals surface area contributed by atoms with Gasteiger partial charge in [-0.15, -0.1) is 11.3 Å².